The molecule has 0 saturated heterocycles. The van der Waals surface area contributed by atoms with Crippen LogP contribution in [0.15, 0.2) is 36.4 Å². The third-order valence-corrected chi connectivity index (χ3v) is 4.59. The van der Waals surface area contributed by atoms with Crippen molar-refractivity contribution in [2.24, 2.45) is 5.92 Å². The minimum Gasteiger partial charge on any atom is -0.492 e. The summed E-state index contributed by atoms with van der Waals surface area (Å²) in [6, 6.07) is 8.78. The normalized spacial score (nSPS) is 15.1. The average molecular weight is 425 g/mol. The second kappa shape index (κ2) is 8.45. The van der Waals surface area contributed by atoms with Crippen LogP contribution in [0.5, 0.6) is 5.75 Å². The lowest BCUT2D eigenvalue weighted by Crippen LogP contribution is -2.32. The van der Waals surface area contributed by atoms with E-state index in [9.17, 15) is 19.7 Å². The molecule has 0 fully saturated rings. The fourth-order valence-corrected chi connectivity index (χ4v) is 3.09. The number of nitrogens with zero attached hydrogens (tertiary/aromatic N) is 1. The topological polar surface area (TPSA) is 108 Å². The lowest BCUT2D eigenvalue weighted by atomic mass is 9.97. The first-order chi connectivity index (χ1) is 13.3. The van der Waals surface area contributed by atoms with Gasteiger partial charge in [-0.05, 0) is 36.2 Å². The van der Waals surface area contributed by atoms with Gasteiger partial charge < -0.3 is 14.8 Å². The molecule has 3 rings (SSSR count). The third kappa shape index (κ3) is 4.71. The monoisotopic (exact) mass is 424 g/mol. The van der Waals surface area contributed by atoms with Gasteiger partial charge in [-0.1, -0.05) is 23.2 Å². The molecule has 1 amide bonds. The first-order valence-corrected chi connectivity index (χ1v) is 8.90. The summed E-state index contributed by atoms with van der Waals surface area (Å²) >= 11 is 11.9. The van der Waals surface area contributed by atoms with Crippen molar-refractivity contribution in [3.8, 4) is 5.75 Å². The van der Waals surface area contributed by atoms with Crippen LogP contribution in [0, 0.1) is 16.0 Å². The predicted molar refractivity (Wildman–Crippen MR) is 102 cm³/mol. The van der Waals surface area contributed by atoms with Crippen LogP contribution in [0.25, 0.3) is 0 Å². The van der Waals surface area contributed by atoms with E-state index in [0.717, 1.165) is 11.6 Å². The van der Waals surface area contributed by atoms with Crippen LogP contribution < -0.4 is 10.1 Å². The number of anilines is 1. The first kappa shape index (κ1) is 19.9. The molecule has 0 bridgehead atoms. The number of carbonyl (C=O) groups is 2. The van der Waals surface area contributed by atoms with Crippen LogP contribution in [0.4, 0.5) is 11.4 Å². The Hall–Kier alpha value is -2.84. The molecule has 146 valence electrons. The summed E-state index contributed by atoms with van der Waals surface area (Å²) in [7, 11) is 0. The molecule has 0 radical (unpaired) electrons. The number of esters is 1. The summed E-state index contributed by atoms with van der Waals surface area (Å²) in [6.07, 6.45) is 0.393. The molecule has 10 heteroatoms. The predicted octanol–water partition coefficient (Wildman–Crippen LogP) is 3.63. The number of non-ortho nitro benzene ring substituents is 1. The Morgan fingerprint density at radius 3 is 2.75 bits per heavy atom. The number of carbonyl (C=O) groups excluding carboxylic acids is 2. The number of ether oxygens (including phenoxy) is 2. The van der Waals surface area contributed by atoms with Gasteiger partial charge in [0.05, 0.1) is 21.6 Å². The maximum Gasteiger partial charge on any atom is 0.313 e. The molecule has 2 aromatic rings. The number of fused-ring (bicyclic) bond motifs is 1. The van der Waals surface area contributed by atoms with Crippen molar-refractivity contribution in [1.82, 2.24) is 0 Å². The Kier molecular flexibility index (Phi) is 6.01. The highest BCUT2D eigenvalue weighted by Crippen LogP contribution is 2.30. The van der Waals surface area contributed by atoms with Gasteiger partial charge in [-0.3, -0.25) is 19.7 Å². The quantitative estimate of drug-likeness (QED) is 0.445. The van der Waals surface area contributed by atoms with Gasteiger partial charge in [0.25, 0.3) is 11.6 Å². The summed E-state index contributed by atoms with van der Waals surface area (Å²) < 4.78 is 10.6. The minimum atomic E-state index is -0.621. The van der Waals surface area contributed by atoms with Gasteiger partial charge in [0.2, 0.25) is 0 Å². The standard InChI is InChI=1S/C18H14Cl2N2O6/c19-12-1-4-16-10(6-12)5-11(8-27-16)18(24)28-9-17(23)21-15-3-2-13(22(25)26)7-14(15)20/h1-4,6-7,11H,5,8-9H2,(H,21,23). The number of hydrogen-bond acceptors (Lipinski definition) is 6. The lowest BCUT2D eigenvalue weighted by molar-refractivity contribution is -0.384. The number of nitro groups is 1. The van der Waals surface area contributed by atoms with Gasteiger partial charge in [0, 0.05) is 17.2 Å². The van der Waals surface area contributed by atoms with E-state index in [0.29, 0.717) is 17.2 Å². The Balaban J connectivity index is 1.53. The summed E-state index contributed by atoms with van der Waals surface area (Å²) in [5.41, 5.74) is 0.771. The van der Waals surface area contributed by atoms with Crippen LogP contribution in [0.2, 0.25) is 10.0 Å². The van der Waals surface area contributed by atoms with Gasteiger partial charge in [-0.2, -0.15) is 0 Å². The highest BCUT2D eigenvalue weighted by molar-refractivity contribution is 6.34. The van der Waals surface area contributed by atoms with E-state index in [1.807, 2.05) is 0 Å². The number of rotatable bonds is 5. The second-order valence-electron chi connectivity index (χ2n) is 6.04. The van der Waals surface area contributed by atoms with Crippen molar-refractivity contribution < 1.29 is 24.0 Å². The van der Waals surface area contributed by atoms with Crippen LogP contribution in [0.3, 0.4) is 0 Å². The second-order valence-corrected chi connectivity index (χ2v) is 6.88. The van der Waals surface area contributed by atoms with E-state index in [4.69, 9.17) is 32.7 Å². The number of nitro benzene ring substituents is 1. The molecule has 2 aromatic carbocycles. The maximum atomic E-state index is 12.2. The molecule has 0 saturated carbocycles. The Labute approximate surface area is 169 Å². The van der Waals surface area contributed by atoms with E-state index in [1.165, 1.54) is 12.1 Å². The molecule has 0 spiro atoms. The molecular weight excluding hydrogens is 411 g/mol. The fraction of sp³-hybridized carbons (Fsp3) is 0.222. The molecule has 1 N–H and O–H groups in total. The van der Waals surface area contributed by atoms with Gasteiger partial charge >= 0.3 is 5.97 Å². The van der Waals surface area contributed by atoms with Gasteiger partial charge in [0.1, 0.15) is 12.4 Å². The van der Waals surface area contributed by atoms with Gasteiger partial charge in [-0.15, -0.1) is 0 Å². The van der Waals surface area contributed by atoms with Gasteiger partial charge in [-0.25, -0.2) is 0 Å². The van der Waals surface area contributed by atoms with Crippen LogP contribution in [0.1, 0.15) is 5.56 Å². The Morgan fingerprint density at radius 1 is 1.25 bits per heavy atom. The summed E-state index contributed by atoms with van der Waals surface area (Å²) in [5, 5.41) is 13.7. The largest absolute Gasteiger partial charge is 0.492 e. The van der Waals surface area contributed by atoms with E-state index < -0.39 is 29.3 Å². The molecule has 28 heavy (non-hydrogen) atoms. The van der Waals surface area contributed by atoms with E-state index in [2.05, 4.69) is 5.32 Å². The molecule has 0 aromatic heterocycles. The molecule has 1 atom stereocenters. The van der Waals surface area contributed by atoms with E-state index >= 15 is 0 Å². The molecule has 1 aliphatic rings. The average Bonchev–Trinajstić information content (AvgIpc) is 2.66. The van der Waals surface area contributed by atoms with E-state index in [1.54, 1.807) is 18.2 Å². The van der Waals surface area contributed by atoms with Crippen molar-refractivity contribution in [3.05, 3.63) is 62.1 Å². The number of amides is 1. The van der Waals surface area contributed by atoms with Crippen LogP contribution >= 0.6 is 23.2 Å². The van der Waals surface area contributed by atoms with Crippen molar-refractivity contribution in [3.63, 3.8) is 0 Å². The first-order valence-electron chi connectivity index (χ1n) is 8.15. The van der Waals surface area contributed by atoms with Crippen molar-refractivity contribution in [1.29, 1.82) is 0 Å². The third-order valence-electron chi connectivity index (χ3n) is 4.05. The van der Waals surface area contributed by atoms with Gasteiger partial charge in [0.15, 0.2) is 6.61 Å². The minimum absolute atomic E-state index is 0.00282. The smallest absolute Gasteiger partial charge is 0.313 e. The van der Waals surface area contributed by atoms with Crippen molar-refractivity contribution in [2.45, 2.75) is 6.42 Å². The molecule has 1 heterocycles. The molecule has 1 unspecified atom stereocenters. The van der Waals surface area contributed by atoms with Crippen molar-refractivity contribution in [2.75, 3.05) is 18.5 Å². The van der Waals surface area contributed by atoms with Crippen LogP contribution in [-0.4, -0.2) is 30.0 Å². The zero-order chi connectivity index (χ0) is 20.3. The SMILES string of the molecule is O=C(COC(=O)C1COc2ccc(Cl)cc2C1)Nc1ccc([N+](=O)[O-])cc1Cl. The summed E-state index contributed by atoms with van der Waals surface area (Å²) in [4.78, 5) is 34.3. The molecule has 8 nitrogen and oxygen atoms in total. The maximum absolute atomic E-state index is 12.2. The number of halogens is 2. The number of hydrogen-bond donors (Lipinski definition) is 1. The Bertz CT molecular complexity index is 950. The van der Waals surface area contributed by atoms with Crippen molar-refractivity contribution >= 4 is 46.5 Å². The molecule has 1 aliphatic heterocycles. The highest BCUT2D eigenvalue weighted by Gasteiger charge is 2.28. The number of benzene rings is 2. The highest BCUT2D eigenvalue weighted by atomic mass is 35.5. The zero-order valence-corrected chi connectivity index (χ0v) is 15.8. The fourth-order valence-electron chi connectivity index (χ4n) is 2.67. The zero-order valence-electron chi connectivity index (χ0n) is 14.3. The lowest BCUT2D eigenvalue weighted by Gasteiger charge is -2.24. The molecule has 0 aliphatic carbocycles. The van der Waals surface area contributed by atoms with Crippen LogP contribution in [-0.2, 0) is 20.7 Å². The Morgan fingerprint density at radius 2 is 2.04 bits per heavy atom. The summed E-state index contributed by atoms with van der Waals surface area (Å²) in [5.74, 6) is -1.08. The molecular formula is C18H14Cl2N2O6. The van der Waals surface area contributed by atoms with E-state index in [-0.39, 0.29) is 23.0 Å². The number of nitrogens with one attached hydrogen (secondary N) is 1. The summed E-state index contributed by atoms with van der Waals surface area (Å²) in [6.45, 7) is -0.381.